The lowest BCUT2D eigenvalue weighted by Crippen LogP contribution is -2.30. The number of hydrogen-bond donors (Lipinski definition) is 1. The molecule has 3 aromatic rings. The number of nitrogens with zero attached hydrogens (tertiary/aromatic N) is 1. The number of allylic oxidation sites excluding steroid dienone is 2. The summed E-state index contributed by atoms with van der Waals surface area (Å²) in [6, 6.07) is 24.7. The third-order valence-corrected chi connectivity index (χ3v) is 6.82. The minimum Gasteiger partial charge on any atom is -0.378 e. The Morgan fingerprint density at radius 1 is 1.03 bits per heavy atom. The second kappa shape index (κ2) is 7.77. The summed E-state index contributed by atoms with van der Waals surface area (Å²) in [5.74, 6) is 0.790. The van der Waals surface area contributed by atoms with Gasteiger partial charge in [-0.3, -0.25) is 4.79 Å². The summed E-state index contributed by atoms with van der Waals surface area (Å²) >= 11 is 3.53. The maximum absolute atomic E-state index is 13.1. The lowest BCUT2D eigenvalue weighted by molar-refractivity contribution is 0.0993. The van der Waals surface area contributed by atoms with E-state index in [1.54, 1.807) is 4.90 Å². The SMILES string of the molecule is CN(C(=O)c1ccc2c(c1)C1C=CCC1C(c1ccc(Br)cc1)N2)c1ccccc1. The number of amides is 1. The highest BCUT2D eigenvalue weighted by molar-refractivity contribution is 9.10. The van der Waals surface area contributed by atoms with Crippen molar-refractivity contribution in [2.75, 3.05) is 17.3 Å². The molecule has 30 heavy (non-hydrogen) atoms. The number of rotatable bonds is 3. The van der Waals surface area contributed by atoms with Crippen LogP contribution in [-0.2, 0) is 0 Å². The summed E-state index contributed by atoms with van der Waals surface area (Å²) in [6.45, 7) is 0. The van der Waals surface area contributed by atoms with Crippen LogP contribution in [0.15, 0.2) is 89.4 Å². The van der Waals surface area contributed by atoms with Crippen molar-refractivity contribution in [3.8, 4) is 0 Å². The Hall–Kier alpha value is -2.85. The van der Waals surface area contributed by atoms with E-state index in [0.29, 0.717) is 11.8 Å². The van der Waals surface area contributed by atoms with Crippen LogP contribution in [0.4, 0.5) is 11.4 Å². The van der Waals surface area contributed by atoms with Crippen LogP contribution in [0.5, 0.6) is 0 Å². The molecule has 1 aliphatic carbocycles. The van der Waals surface area contributed by atoms with Gasteiger partial charge in [-0.05, 0) is 65.9 Å². The highest BCUT2D eigenvalue weighted by Gasteiger charge is 2.38. The zero-order valence-corrected chi connectivity index (χ0v) is 18.3. The Morgan fingerprint density at radius 3 is 2.57 bits per heavy atom. The van der Waals surface area contributed by atoms with Crippen LogP contribution in [0.25, 0.3) is 0 Å². The predicted molar refractivity (Wildman–Crippen MR) is 126 cm³/mol. The summed E-state index contributed by atoms with van der Waals surface area (Å²) in [7, 11) is 1.83. The van der Waals surface area contributed by atoms with Gasteiger partial charge in [0.05, 0.1) is 6.04 Å². The van der Waals surface area contributed by atoms with Crippen molar-refractivity contribution >= 4 is 33.2 Å². The molecule has 3 nitrogen and oxygen atoms in total. The van der Waals surface area contributed by atoms with Gasteiger partial charge in [-0.1, -0.05) is 58.4 Å². The lowest BCUT2D eigenvalue weighted by Gasteiger charge is -2.38. The second-order valence-corrected chi connectivity index (χ2v) is 8.94. The fourth-order valence-corrected chi connectivity index (χ4v) is 4.95. The molecular weight excluding hydrogens is 436 g/mol. The van der Waals surface area contributed by atoms with Gasteiger partial charge in [-0.25, -0.2) is 0 Å². The third kappa shape index (κ3) is 3.35. The lowest BCUT2D eigenvalue weighted by atomic mass is 9.76. The van der Waals surface area contributed by atoms with E-state index < -0.39 is 0 Å². The molecule has 1 N–H and O–H groups in total. The maximum atomic E-state index is 13.1. The van der Waals surface area contributed by atoms with Crippen LogP contribution < -0.4 is 10.2 Å². The molecule has 2 aliphatic rings. The predicted octanol–water partition coefficient (Wildman–Crippen LogP) is 6.55. The highest BCUT2D eigenvalue weighted by atomic mass is 79.9. The Morgan fingerprint density at radius 2 is 1.80 bits per heavy atom. The average molecular weight is 459 g/mol. The van der Waals surface area contributed by atoms with E-state index in [4.69, 9.17) is 0 Å². The second-order valence-electron chi connectivity index (χ2n) is 8.03. The average Bonchev–Trinajstić information content (AvgIpc) is 3.29. The largest absolute Gasteiger partial charge is 0.378 e. The summed E-state index contributed by atoms with van der Waals surface area (Å²) in [5, 5.41) is 3.75. The fraction of sp³-hybridized carbons (Fsp3) is 0.192. The number of para-hydroxylation sites is 1. The quantitative estimate of drug-likeness (QED) is 0.451. The van der Waals surface area contributed by atoms with Crippen LogP contribution in [-0.4, -0.2) is 13.0 Å². The van der Waals surface area contributed by atoms with Gasteiger partial charge in [0.15, 0.2) is 0 Å². The van der Waals surface area contributed by atoms with Crippen molar-refractivity contribution < 1.29 is 4.79 Å². The van der Waals surface area contributed by atoms with Crippen molar-refractivity contribution in [2.45, 2.75) is 18.4 Å². The van der Waals surface area contributed by atoms with Crippen LogP contribution >= 0.6 is 15.9 Å². The van der Waals surface area contributed by atoms with E-state index in [1.807, 2.05) is 43.4 Å². The topological polar surface area (TPSA) is 32.3 Å². The van der Waals surface area contributed by atoms with Gasteiger partial charge in [0.25, 0.3) is 5.91 Å². The first-order chi connectivity index (χ1) is 14.6. The van der Waals surface area contributed by atoms with Crippen LogP contribution in [0.2, 0.25) is 0 Å². The molecule has 0 bridgehead atoms. The first kappa shape index (κ1) is 19.1. The van der Waals surface area contributed by atoms with Crippen LogP contribution in [0.1, 0.15) is 39.9 Å². The summed E-state index contributed by atoms with van der Waals surface area (Å²) in [4.78, 5) is 14.8. The number of benzene rings is 3. The van der Waals surface area contributed by atoms with Crippen molar-refractivity contribution in [3.63, 3.8) is 0 Å². The molecule has 3 unspecified atom stereocenters. The molecule has 4 heteroatoms. The smallest absolute Gasteiger partial charge is 0.258 e. The number of carbonyl (C=O) groups excluding carboxylic acids is 1. The summed E-state index contributed by atoms with van der Waals surface area (Å²) < 4.78 is 1.09. The molecule has 1 amide bonds. The molecule has 0 saturated carbocycles. The van der Waals surface area contributed by atoms with E-state index in [9.17, 15) is 4.79 Å². The molecule has 0 spiro atoms. The number of hydrogen-bond acceptors (Lipinski definition) is 2. The zero-order chi connectivity index (χ0) is 20.7. The van der Waals surface area contributed by atoms with Crippen molar-refractivity contribution in [2.24, 2.45) is 5.92 Å². The van der Waals surface area contributed by atoms with Gasteiger partial charge >= 0.3 is 0 Å². The minimum atomic E-state index is 0.0116. The van der Waals surface area contributed by atoms with Crippen molar-refractivity contribution in [3.05, 3.63) is 106 Å². The molecule has 3 aromatic carbocycles. The Bertz CT molecular complexity index is 1110. The Labute approximate surface area is 185 Å². The van der Waals surface area contributed by atoms with Gasteiger partial charge in [0.1, 0.15) is 0 Å². The Balaban J connectivity index is 1.47. The molecule has 1 aliphatic heterocycles. The number of halogens is 1. The highest BCUT2D eigenvalue weighted by Crippen LogP contribution is 2.50. The number of fused-ring (bicyclic) bond motifs is 3. The normalized spacial score (nSPS) is 21.5. The summed E-state index contributed by atoms with van der Waals surface area (Å²) in [5.41, 5.74) is 5.26. The van der Waals surface area contributed by atoms with Gasteiger partial charge < -0.3 is 10.2 Å². The van der Waals surface area contributed by atoms with Gasteiger partial charge in [-0.2, -0.15) is 0 Å². The summed E-state index contributed by atoms with van der Waals surface area (Å²) in [6.07, 6.45) is 5.63. The molecule has 3 atom stereocenters. The molecule has 150 valence electrons. The number of carbonyl (C=O) groups is 1. The third-order valence-electron chi connectivity index (χ3n) is 6.29. The molecule has 0 radical (unpaired) electrons. The monoisotopic (exact) mass is 458 g/mol. The maximum Gasteiger partial charge on any atom is 0.258 e. The van der Waals surface area contributed by atoms with Crippen LogP contribution in [0.3, 0.4) is 0 Å². The molecule has 1 heterocycles. The van der Waals surface area contributed by atoms with E-state index in [2.05, 4.69) is 69.8 Å². The first-order valence-corrected chi connectivity index (χ1v) is 11.1. The van der Waals surface area contributed by atoms with Gasteiger partial charge in [0, 0.05) is 34.4 Å². The number of anilines is 2. The van der Waals surface area contributed by atoms with Crippen molar-refractivity contribution in [1.82, 2.24) is 0 Å². The standard InChI is InChI=1S/C26H23BrN2O/c1-29(20-6-3-2-4-7-20)26(30)18-12-15-24-23(16-18)21-8-5-9-22(21)25(28-24)17-10-13-19(27)14-11-17/h2-8,10-16,21-22,25,28H,9H2,1H3. The molecular formula is C26H23BrN2O. The first-order valence-electron chi connectivity index (χ1n) is 10.3. The zero-order valence-electron chi connectivity index (χ0n) is 16.8. The molecule has 0 aromatic heterocycles. The van der Waals surface area contributed by atoms with E-state index in [-0.39, 0.29) is 11.9 Å². The van der Waals surface area contributed by atoms with E-state index >= 15 is 0 Å². The molecule has 0 fully saturated rings. The Kier molecular flexibility index (Phi) is 4.95. The molecule has 0 saturated heterocycles. The van der Waals surface area contributed by atoms with Crippen LogP contribution in [0, 0.1) is 5.92 Å². The fourth-order valence-electron chi connectivity index (χ4n) is 4.69. The number of nitrogens with one attached hydrogen (secondary N) is 1. The van der Waals surface area contributed by atoms with E-state index in [1.165, 1.54) is 11.1 Å². The van der Waals surface area contributed by atoms with E-state index in [0.717, 1.165) is 27.8 Å². The van der Waals surface area contributed by atoms with Crippen molar-refractivity contribution in [1.29, 1.82) is 0 Å². The minimum absolute atomic E-state index is 0.0116. The van der Waals surface area contributed by atoms with Gasteiger partial charge in [0.2, 0.25) is 0 Å². The molecule has 5 rings (SSSR count). The van der Waals surface area contributed by atoms with Gasteiger partial charge in [-0.15, -0.1) is 0 Å².